The van der Waals surface area contributed by atoms with E-state index < -0.39 is 5.91 Å². The fraction of sp³-hybridized carbons (Fsp3) is 0.125. The second kappa shape index (κ2) is 10.6. The van der Waals surface area contributed by atoms with E-state index in [2.05, 4.69) is 15.8 Å². The maximum Gasteiger partial charge on any atom is 0.277 e. The van der Waals surface area contributed by atoms with Crippen LogP contribution in [0.15, 0.2) is 90.0 Å². The minimum atomic E-state index is -0.398. The van der Waals surface area contributed by atoms with Crippen LogP contribution in [0.3, 0.4) is 0 Å². The van der Waals surface area contributed by atoms with Crippen molar-refractivity contribution in [3.05, 3.63) is 84.9 Å². The molecule has 0 saturated heterocycles. The zero-order valence-corrected chi connectivity index (χ0v) is 16.7. The van der Waals surface area contributed by atoms with Crippen molar-refractivity contribution >= 4 is 23.2 Å². The van der Waals surface area contributed by atoms with Crippen LogP contribution in [0.2, 0.25) is 0 Å². The topological polar surface area (TPSA) is 79.8 Å². The average Bonchev–Trinajstić information content (AvgIpc) is 2.78. The molecular formula is C24H23N3O3. The minimum Gasteiger partial charge on any atom is -0.484 e. The molecule has 0 aliphatic rings. The Labute approximate surface area is 175 Å². The van der Waals surface area contributed by atoms with Crippen molar-refractivity contribution in [2.45, 2.75) is 13.3 Å². The normalized spacial score (nSPS) is 10.9. The van der Waals surface area contributed by atoms with Gasteiger partial charge >= 0.3 is 0 Å². The molecule has 0 bridgehead atoms. The third kappa shape index (κ3) is 6.60. The largest absolute Gasteiger partial charge is 0.484 e. The molecule has 2 N–H and O–H groups in total. The first kappa shape index (κ1) is 20.8. The summed E-state index contributed by atoms with van der Waals surface area (Å²) in [5.41, 5.74) is 5.79. The van der Waals surface area contributed by atoms with Crippen molar-refractivity contribution in [3.8, 4) is 16.9 Å². The molecule has 0 heterocycles. The number of benzene rings is 3. The van der Waals surface area contributed by atoms with Crippen LogP contribution in [0.25, 0.3) is 11.1 Å². The molecule has 0 aliphatic carbocycles. The summed E-state index contributed by atoms with van der Waals surface area (Å²) in [7, 11) is 0. The van der Waals surface area contributed by atoms with Crippen LogP contribution < -0.4 is 15.5 Å². The Morgan fingerprint density at radius 1 is 0.800 bits per heavy atom. The quantitative estimate of drug-likeness (QED) is 0.437. The Balaban J connectivity index is 1.42. The van der Waals surface area contributed by atoms with Crippen LogP contribution >= 0.6 is 0 Å². The van der Waals surface area contributed by atoms with Crippen LogP contribution in [0.5, 0.6) is 5.75 Å². The highest BCUT2D eigenvalue weighted by Gasteiger charge is 2.06. The van der Waals surface area contributed by atoms with Gasteiger partial charge in [0, 0.05) is 11.4 Å². The van der Waals surface area contributed by atoms with Gasteiger partial charge in [0.15, 0.2) is 6.61 Å². The molecule has 0 aromatic heterocycles. The van der Waals surface area contributed by atoms with E-state index in [0.717, 1.165) is 11.1 Å². The Morgan fingerprint density at radius 2 is 1.40 bits per heavy atom. The lowest BCUT2D eigenvalue weighted by atomic mass is 10.1. The summed E-state index contributed by atoms with van der Waals surface area (Å²) in [5.74, 6) is -0.0100. The zero-order valence-electron chi connectivity index (χ0n) is 16.7. The number of anilines is 1. The number of nitrogens with one attached hydrogen (secondary N) is 2. The molecular weight excluding hydrogens is 378 g/mol. The van der Waals surface area contributed by atoms with Gasteiger partial charge in [-0.1, -0.05) is 60.7 Å². The molecule has 0 radical (unpaired) electrons. The SMILES string of the molecule is C/C(CC(=O)Nc1ccccc1)=N\NC(=O)COc1ccc(-c2ccccc2)cc1. The number of hydrogen-bond donors (Lipinski definition) is 2. The molecule has 152 valence electrons. The lowest BCUT2D eigenvalue weighted by molar-refractivity contribution is -0.123. The van der Waals surface area contributed by atoms with Crippen LogP contribution in [0.4, 0.5) is 5.69 Å². The molecule has 30 heavy (non-hydrogen) atoms. The van der Waals surface area contributed by atoms with Crippen LogP contribution in [0.1, 0.15) is 13.3 Å². The van der Waals surface area contributed by atoms with E-state index >= 15 is 0 Å². The number of carbonyl (C=O) groups excluding carboxylic acids is 2. The number of nitrogens with zero attached hydrogens (tertiary/aromatic N) is 1. The molecule has 0 fully saturated rings. The maximum absolute atomic E-state index is 12.0. The van der Waals surface area contributed by atoms with E-state index in [0.29, 0.717) is 17.1 Å². The molecule has 6 heteroatoms. The van der Waals surface area contributed by atoms with E-state index in [1.54, 1.807) is 19.1 Å². The number of ether oxygens (including phenoxy) is 1. The monoisotopic (exact) mass is 401 g/mol. The molecule has 2 amide bonds. The lowest BCUT2D eigenvalue weighted by Crippen LogP contribution is -2.26. The average molecular weight is 401 g/mol. The maximum atomic E-state index is 12.0. The highest BCUT2D eigenvalue weighted by atomic mass is 16.5. The Bertz CT molecular complexity index is 1000. The first-order valence-electron chi connectivity index (χ1n) is 9.55. The number of amides is 2. The van der Waals surface area contributed by atoms with E-state index in [9.17, 15) is 9.59 Å². The van der Waals surface area contributed by atoms with Gasteiger partial charge in [-0.15, -0.1) is 0 Å². The molecule has 3 aromatic carbocycles. The third-order valence-electron chi connectivity index (χ3n) is 4.18. The highest BCUT2D eigenvalue weighted by molar-refractivity contribution is 6.05. The molecule has 3 aromatic rings. The van der Waals surface area contributed by atoms with Crippen molar-refractivity contribution in [1.82, 2.24) is 5.43 Å². The zero-order chi connectivity index (χ0) is 21.2. The first-order chi connectivity index (χ1) is 14.6. The van der Waals surface area contributed by atoms with E-state index in [1.165, 1.54) is 0 Å². The van der Waals surface area contributed by atoms with Crippen molar-refractivity contribution in [2.75, 3.05) is 11.9 Å². The van der Waals surface area contributed by atoms with Crippen molar-refractivity contribution < 1.29 is 14.3 Å². The van der Waals surface area contributed by atoms with Gasteiger partial charge in [0.25, 0.3) is 5.91 Å². The first-order valence-corrected chi connectivity index (χ1v) is 9.55. The van der Waals surface area contributed by atoms with Gasteiger partial charge in [-0.3, -0.25) is 9.59 Å². The number of para-hydroxylation sites is 1. The number of hydrogen-bond acceptors (Lipinski definition) is 4. The fourth-order valence-electron chi connectivity index (χ4n) is 2.71. The predicted molar refractivity (Wildman–Crippen MR) is 118 cm³/mol. The molecule has 0 unspecified atom stereocenters. The molecule has 0 spiro atoms. The Kier molecular flexibility index (Phi) is 7.33. The van der Waals surface area contributed by atoms with Crippen molar-refractivity contribution in [2.24, 2.45) is 5.10 Å². The molecule has 0 atom stereocenters. The summed E-state index contributed by atoms with van der Waals surface area (Å²) >= 11 is 0. The van der Waals surface area contributed by atoms with Gasteiger partial charge in [0.05, 0.1) is 6.42 Å². The van der Waals surface area contributed by atoms with E-state index in [1.807, 2.05) is 72.8 Å². The second-order valence-corrected chi connectivity index (χ2v) is 6.65. The Hall–Kier alpha value is -3.93. The second-order valence-electron chi connectivity index (χ2n) is 6.65. The van der Waals surface area contributed by atoms with Crippen molar-refractivity contribution in [1.29, 1.82) is 0 Å². The summed E-state index contributed by atoms with van der Waals surface area (Å²) < 4.78 is 5.49. The van der Waals surface area contributed by atoms with Gasteiger partial charge in [0.1, 0.15) is 5.75 Å². The minimum absolute atomic E-state index is 0.0803. The van der Waals surface area contributed by atoms with Crippen molar-refractivity contribution in [3.63, 3.8) is 0 Å². The standard InChI is InChI=1S/C24H23N3O3/c1-18(16-23(28)25-21-10-6-3-7-11-21)26-27-24(29)17-30-22-14-12-20(13-15-22)19-8-4-2-5-9-19/h2-15H,16-17H2,1H3,(H,25,28)(H,27,29)/b26-18+. The molecule has 0 aliphatic heterocycles. The van der Waals surface area contributed by atoms with Gasteiger partial charge in [-0.05, 0) is 42.3 Å². The van der Waals surface area contributed by atoms with Gasteiger partial charge in [-0.2, -0.15) is 5.10 Å². The smallest absolute Gasteiger partial charge is 0.277 e. The molecule has 6 nitrogen and oxygen atoms in total. The summed E-state index contributed by atoms with van der Waals surface area (Å²) in [6.07, 6.45) is 0.0803. The van der Waals surface area contributed by atoms with E-state index in [-0.39, 0.29) is 18.9 Å². The van der Waals surface area contributed by atoms with Gasteiger partial charge < -0.3 is 10.1 Å². The van der Waals surface area contributed by atoms with Crippen LogP contribution in [0, 0.1) is 0 Å². The van der Waals surface area contributed by atoms with Gasteiger partial charge in [-0.25, -0.2) is 5.43 Å². The molecule has 3 rings (SSSR count). The fourth-order valence-corrected chi connectivity index (χ4v) is 2.71. The summed E-state index contributed by atoms with van der Waals surface area (Å²) in [4.78, 5) is 23.9. The third-order valence-corrected chi connectivity index (χ3v) is 4.18. The van der Waals surface area contributed by atoms with E-state index in [4.69, 9.17) is 4.74 Å². The Morgan fingerprint density at radius 3 is 2.07 bits per heavy atom. The summed E-state index contributed by atoms with van der Waals surface area (Å²) in [5, 5.41) is 6.71. The van der Waals surface area contributed by atoms with Gasteiger partial charge in [0.2, 0.25) is 5.91 Å². The predicted octanol–water partition coefficient (Wildman–Crippen LogP) is 4.25. The summed E-state index contributed by atoms with van der Waals surface area (Å²) in [6, 6.07) is 26.7. The number of hydrazone groups is 1. The molecule has 0 saturated carbocycles. The number of carbonyl (C=O) groups is 2. The van der Waals surface area contributed by atoms with Crippen LogP contribution in [-0.2, 0) is 9.59 Å². The van der Waals surface area contributed by atoms with Crippen LogP contribution in [-0.4, -0.2) is 24.1 Å². The number of rotatable bonds is 8. The highest BCUT2D eigenvalue weighted by Crippen LogP contribution is 2.21. The summed E-state index contributed by atoms with van der Waals surface area (Å²) in [6.45, 7) is 1.51. The lowest BCUT2D eigenvalue weighted by Gasteiger charge is -2.07.